The van der Waals surface area contributed by atoms with Crippen molar-refractivity contribution in [1.29, 1.82) is 0 Å². The molecule has 0 aliphatic heterocycles. The Morgan fingerprint density at radius 3 is 2.20 bits per heavy atom. The highest BCUT2D eigenvalue weighted by Crippen LogP contribution is 2.09. The molecular formula is C9H21N. The van der Waals surface area contributed by atoms with E-state index in [1.807, 2.05) is 0 Å². The molecule has 0 fully saturated rings. The second-order valence-electron chi connectivity index (χ2n) is 3.49. The van der Waals surface area contributed by atoms with Gasteiger partial charge in [-0.1, -0.05) is 26.7 Å². The lowest BCUT2D eigenvalue weighted by Crippen LogP contribution is -2.15. The van der Waals surface area contributed by atoms with Gasteiger partial charge in [0.25, 0.3) is 0 Å². The molecule has 0 spiro atoms. The van der Waals surface area contributed by atoms with Crippen LogP contribution in [-0.4, -0.2) is 25.5 Å². The average Bonchev–Trinajstić information content (AvgIpc) is 1.85. The Labute approximate surface area is 65.4 Å². The summed E-state index contributed by atoms with van der Waals surface area (Å²) >= 11 is 0. The summed E-state index contributed by atoms with van der Waals surface area (Å²) in [6, 6.07) is 0. The Hall–Kier alpha value is -0.0400. The summed E-state index contributed by atoms with van der Waals surface area (Å²) in [7, 11) is 4.28. The number of rotatable bonds is 5. The molecule has 62 valence electrons. The van der Waals surface area contributed by atoms with Crippen molar-refractivity contribution in [2.45, 2.75) is 33.1 Å². The van der Waals surface area contributed by atoms with Crippen LogP contribution < -0.4 is 0 Å². The van der Waals surface area contributed by atoms with E-state index < -0.39 is 0 Å². The molecule has 0 bridgehead atoms. The Morgan fingerprint density at radius 1 is 1.20 bits per heavy atom. The van der Waals surface area contributed by atoms with Crippen LogP contribution in [0.3, 0.4) is 0 Å². The predicted octanol–water partition coefficient (Wildman–Crippen LogP) is 2.37. The lowest BCUT2D eigenvalue weighted by molar-refractivity contribution is 0.350. The molecule has 1 nitrogen and oxygen atoms in total. The minimum absolute atomic E-state index is 0.910. The topological polar surface area (TPSA) is 3.24 Å². The standard InChI is InChI=1S/C9H21N/c1-5-6-9(2)7-8-10(3)4/h9H,5-8H2,1-4H3. The van der Waals surface area contributed by atoms with Gasteiger partial charge in [-0.2, -0.15) is 0 Å². The van der Waals surface area contributed by atoms with Crippen LogP contribution in [0, 0.1) is 5.92 Å². The summed E-state index contributed by atoms with van der Waals surface area (Å²) in [6.45, 7) is 5.83. The van der Waals surface area contributed by atoms with Crippen molar-refractivity contribution in [2.75, 3.05) is 20.6 Å². The van der Waals surface area contributed by atoms with Crippen LogP contribution in [0.4, 0.5) is 0 Å². The Bertz CT molecular complexity index is 69.1. The van der Waals surface area contributed by atoms with Gasteiger partial charge in [0.15, 0.2) is 0 Å². The second-order valence-corrected chi connectivity index (χ2v) is 3.49. The molecule has 1 atom stereocenters. The third-order valence-corrected chi connectivity index (χ3v) is 1.85. The molecule has 0 aliphatic rings. The summed E-state index contributed by atoms with van der Waals surface area (Å²) in [6.07, 6.45) is 4.06. The van der Waals surface area contributed by atoms with Gasteiger partial charge in [0.2, 0.25) is 0 Å². The van der Waals surface area contributed by atoms with Gasteiger partial charge >= 0.3 is 0 Å². The van der Waals surface area contributed by atoms with Gasteiger partial charge < -0.3 is 4.90 Å². The van der Waals surface area contributed by atoms with Gasteiger partial charge in [-0.15, -0.1) is 0 Å². The molecule has 0 N–H and O–H groups in total. The van der Waals surface area contributed by atoms with Crippen molar-refractivity contribution in [3.8, 4) is 0 Å². The highest BCUT2D eigenvalue weighted by atomic mass is 15.0. The molecule has 0 aliphatic carbocycles. The Kier molecular flexibility index (Phi) is 5.70. The molecule has 0 aromatic carbocycles. The maximum Gasteiger partial charge on any atom is -0.00223 e. The van der Waals surface area contributed by atoms with Gasteiger partial charge in [-0.3, -0.25) is 0 Å². The van der Waals surface area contributed by atoms with Gasteiger partial charge in [-0.25, -0.2) is 0 Å². The van der Waals surface area contributed by atoms with E-state index in [0.717, 1.165) is 5.92 Å². The fourth-order valence-corrected chi connectivity index (χ4v) is 1.12. The first kappa shape index (κ1) is 9.96. The summed E-state index contributed by atoms with van der Waals surface area (Å²) in [5.74, 6) is 0.910. The van der Waals surface area contributed by atoms with Crippen LogP contribution in [0.25, 0.3) is 0 Å². The van der Waals surface area contributed by atoms with E-state index in [-0.39, 0.29) is 0 Å². The maximum atomic E-state index is 2.34. The van der Waals surface area contributed by atoms with Crippen LogP contribution in [-0.2, 0) is 0 Å². The average molecular weight is 143 g/mol. The van der Waals surface area contributed by atoms with Crippen molar-refractivity contribution in [3.05, 3.63) is 0 Å². The molecule has 1 heteroatoms. The summed E-state index contributed by atoms with van der Waals surface area (Å²) in [5, 5.41) is 0. The first-order chi connectivity index (χ1) is 4.66. The summed E-state index contributed by atoms with van der Waals surface area (Å²) in [5.41, 5.74) is 0. The van der Waals surface area contributed by atoms with E-state index in [1.165, 1.54) is 25.8 Å². The zero-order valence-corrected chi connectivity index (χ0v) is 7.85. The molecule has 0 saturated heterocycles. The third-order valence-electron chi connectivity index (χ3n) is 1.85. The summed E-state index contributed by atoms with van der Waals surface area (Å²) in [4.78, 5) is 2.26. The van der Waals surface area contributed by atoms with Crippen LogP contribution in [0.1, 0.15) is 33.1 Å². The van der Waals surface area contributed by atoms with Crippen molar-refractivity contribution in [3.63, 3.8) is 0 Å². The third kappa shape index (κ3) is 6.09. The minimum atomic E-state index is 0.910. The molecule has 0 aromatic rings. The number of hydrogen-bond acceptors (Lipinski definition) is 1. The molecule has 0 radical (unpaired) electrons. The smallest absolute Gasteiger partial charge is 0.00223 e. The van der Waals surface area contributed by atoms with Crippen LogP contribution in [0.15, 0.2) is 0 Å². The second kappa shape index (κ2) is 5.72. The molecule has 10 heavy (non-hydrogen) atoms. The van der Waals surface area contributed by atoms with Crippen molar-refractivity contribution in [2.24, 2.45) is 5.92 Å². The highest BCUT2D eigenvalue weighted by Gasteiger charge is 1.99. The minimum Gasteiger partial charge on any atom is -0.309 e. The van der Waals surface area contributed by atoms with Gasteiger partial charge in [0.05, 0.1) is 0 Å². The monoisotopic (exact) mass is 143 g/mol. The van der Waals surface area contributed by atoms with Gasteiger partial charge in [0, 0.05) is 0 Å². The van der Waals surface area contributed by atoms with Crippen LogP contribution in [0.2, 0.25) is 0 Å². The van der Waals surface area contributed by atoms with E-state index in [0.29, 0.717) is 0 Å². The number of nitrogens with zero attached hydrogens (tertiary/aromatic N) is 1. The number of hydrogen-bond donors (Lipinski definition) is 0. The first-order valence-corrected chi connectivity index (χ1v) is 4.31. The Balaban J connectivity index is 3.12. The van der Waals surface area contributed by atoms with Gasteiger partial charge in [-0.05, 0) is 33.0 Å². The highest BCUT2D eigenvalue weighted by molar-refractivity contribution is 4.53. The van der Waals surface area contributed by atoms with Crippen molar-refractivity contribution >= 4 is 0 Å². The van der Waals surface area contributed by atoms with E-state index in [1.54, 1.807) is 0 Å². The first-order valence-electron chi connectivity index (χ1n) is 4.31. The predicted molar refractivity (Wildman–Crippen MR) is 47.2 cm³/mol. The SMILES string of the molecule is CCCC(C)CCN(C)C. The van der Waals surface area contributed by atoms with E-state index in [2.05, 4.69) is 32.8 Å². The quantitative estimate of drug-likeness (QED) is 0.571. The molecular weight excluding hydrogens is 122 g/mol. The maximum absolute atomic E-state index is 2.34. The lowest BCUT2D eigenvalue weighted by atomic mass is 10.0. The zero-order chi connectivity index (χ0) is 7.98. The fourth-order valence-electron chi connectivity index (χ4n) is 1.12. The van der Waals surface area contributed by atoms with Crippen molar-refractivity contribution in [1.82, 2.24) is 4.90 Å². The van der Waals surface area contributed by atoms with E-state index in [4.69, 9.17) is 0 Å². The normalized spacial score (nSPS) is 14.1. The molecule has 0 amide bonds. The lowest BCUT2D eigenvalue weighted by Gasteiger charge is -2.13. The van der Waals surface area contributed by atoms with Crippen molar-refractivity contribution < 1.29 is 0 Å². The molecule has 0 rings (SSSR count). The zero-order valence-electron chi connectivity index (χ0n) is 7.85. The van der Waals surface area contributed by atoms with E-state index >= 15 is 0 Å². The van der Waals surface area contributed by atoms with Gasteiger partial charge in [0.1, 0.15) is 0 Å². The molecule has 0 saturated carbocycles. The van der Waals surface area contributed by atoms with Crippen LogP contribution >= 0.6 is 0 Å². The molecule has 0 aromatic heterocycles. The molecule has 1 unspecified atom stereocenters. The fraction of sp³-hybridized carbons (Fsp3) is 1.00. The van der Waals surface area contributed by atoms with E-state index in [9.17, 15) is 0 Å². The Morgan fingerprint density at radius 2 is 1.80 bits per heavy atom. The van der Waals surface area contributed by atoms with Crippen LogP contribution in [0.5, 0.6) is 0 Å². The largest absolute Gasteiger partial charge is 0.309 e. The summed E-state index contributed by atoms with van der Waals surface area (Å²) < 4.78 is 0. The molecule has 0 heterocycles.